The number of carbonyl (C=O) groups excluding carboxylic acids is 1. The summed E-state index contributed by atoms with van der Waals surface area (Å²) in [5, 5.41) is 0. The number of hydrogen-bond donors (Lipinski definition) is 1. The first-order valence-corrected chi connectivity index (χ1v) is 4.45. The largest absolute Gasteiger partial charge is 0.294 e. The Kier molecular flexibility index (Phi) is 3.57. The molecule has 0 N–H and O–H groups in total. The number of carbonyl (C=O) groups is 1. The normalized spacial score (nSPS) is 9.69. The van der Waals surface area contributed by atoms with Crippen molar-refractivity contribution in [2.75, 3.05) is 0 Å². The Morgan fingerprint density at radius 1 is 1.38 bits per heavy atom. The summed E-state index contributed by atoms with van der Waals surface area (Å²) >= 11 is 8.51. The maximum atomic E-state index is 12.5. The van der Waals surface area contributed by atoms with Gasteiger partial charge in [-0.15, -0.1) is 12.6 Å². The molecule has 0 heterocycles. The van der Waals surface area contributed by atoms with Gasteiger partial charge >= 0.3 is 0 Å². The Hall–Kier alpha value is -0.740. The molecular weight excluding hydrogens is 207 g/mol. The molecule has 0 saturated heterocycles. The number of thiol groups is 1. The summed E-state index contributed by atoms with van der Waals surface area (Å²) in [5.74, 6) is -0.495. The number of ketones is 1. The third-order valence-corrected chi connectivity index (χ3v) is 1.78. The third-order valence-electron chi connectivity index (χ3n) is 1.48. The van der Waals surface area contributed by atoms with Crippen molar-refractivity contribution in [1.82, 2.24) is 0 Å². The fraction of sp³-hybridized carbons (Fsp3) is 0.111. The lowest BCUT2D eigenvalue weighted by molar-refractivity contribution is 0.100. The minimum atomic E-state index is -0.356. The second kappa shape index (κ2) is 4.48. The fourth-order valence-electron chi connectivity index (χ4n) is 0.875. The number of thiocarbonyl (C=S) groups is 1. The maximum Gasteiger partial charge on any atom is 0.168 e. The number of rotatable bonds is 3. The van der Waals surface area contributed by atoms with Crippen molar-refractivity contribution < 1.29 is 9.18 Å². The van der Waals surface area contributed by atoms with Gasteiger partial charge in [0, 0.05) is 5.56 Å². The van der Waals surface area contributed by atoms with Gasteiger partial charge in [-0.3, -0.25) is 4.79 Å². The minimum Gasteiger partial charge on any atom is -0.294 e. The van der Waals surface area contributed by atoms with Crippen LogP contribution >= 0.6 is 24.8 Å². The number of benzene rings is 1. The van der Waals surface area contributed by atoms with Gasteiger partial charge in [0.15, 0.2) is 5.78 Å². The van der Waals surface area contributed by atoms with Crippen molar-refractivity contribution in [2.24, 2.45) is 0 Å². The quantitative estimate of drug-likeness (QED) is 0.473. The van der Waals surface area contributed by atoms with Crippen LogP contribution in [0.15, 0.2) is 24.3 Å². The van der Waals surface area contributed by atoms with Gasteiger partial charge in [0.1, 0.15) is 5.82 Å². The van der Waals surface area contributed by atoms with Gasteiger partial charge in [-0.05, 0) is 24.3 Å². The molecule has 0 amide bonds. The molecule has 1 rings (SSSR count). The van der Waals surface area contributed by atoms with Crippen LogP contribution in [-0.2, 0) is 0 Å². The first kappa shape index (κ1) is 10.3. The van der Waals surface area contributed by atoms with E-state index in [0.717, 1.165) is 0 Å². The zero-order chi connectivity index (χ0) is 9.84. The molecule has 0 aromatic heterocycles. The van der Waals surface area contributed by atoms with Gasteiger partial charge in [0.25, 0.3) is 0 Å². The maximum absolute atomic E-state index is 12.5. The highest BCUT2D eigenvalue weighted by atomic mass is 32.1. The molecule has 0 spiro atoms. The molecule has 1 nitrogen and oxygen atoms in total. The molecule has 0 aliphatic rings. The second-order valence-electron chi connectivity index (χ2n) is 2.50. The van der Waals surface area contributed by atoms with E-state index >= 15 is 0 Å². The van der Waals surface area contributed by atoms with Crippen LogP contribution in [0, 0.1) is 5.82 Å². The topological polar surface area (TPSA) is 17.1 Å². The molecular formula is C9H7FOS2. The van der Waals surface area contributed by atoms with Crippen LogP contribution in [0.4, 0.5) is 4.39 Å². The summed E-state index contributed by atoms with van der Waals surface area (Å²) in [5.41, 5.74) is 0.456. The highest BCUT2D eigenvalue weighted by molar-refractivity contribution is 8.11. The zero-order valence-corrected chi connectivity index (χ0v) is 8.37. The van der Waals surface area contributed by atoms with Crippen molar-refractivity contribution in [2.45, 2.75) is 6.42 Å². The molecule has 0 unspecified atom stereocenters. The molecule has 0 fully saturated rings. The van der Waals surface area contributed by atoms with E-state index in [-0.39, 0.29) is 18.0 Å². The van der Waals surface area contributed by atoms with Gasteiger partial charge in [0.2, 0.25) is 0 Å². The molecule has 4 heteroatoms. The molecule has 1 aromatic carbocycles. The Balaban J connectivity index is 2.78. The van der Waals surface area contributed by atoms with Crippen molar-refractivity contribution in [3.05, 3.63) is 35.6 Å². The van der Waals surface area contributed by atoms with Crippen LogP contribution in [0.3, 0.4) is 0 Å². The van der Waals surface area contributed by atoms with Gasteiger partial charge in [0.05, 0.1) is 10.6 Å². The number of Topliss-reactive ketones (excluding diaryl/α,β-unsaturated/α-hetero) is 1. The molecule has 13 heavy (non-hydrogen) atoms. The molecule has 0 aliphatic carbocycles. The lowest BCUT2D eigenvalue weighted by atomic mass is 10.1. The summed E-state index contributed by atoms with van der Waals surface area (Å²) in [6.07, 6.45) is 0.115. The van der Waals surface area contributed by atoms with Crippen LogP contribution in [0.1, 0.15) is 16.8 Å². The van der Waals surface area contributed by atoms with E-state index in [1.54, 1.807) is 0 Å². The van der Waals surface area contributed by atoms with E-state index < -0.39 is 0 Å². The number of hydrogen-bond acceptors (Lipinski definition) is 2. The van der Waals surface area contributed by atoms with Crippen LogP contribution in [0.25, 0.3) is 0 Å². The summed E-state index contributed by atoms with van der Waals surface area (Å²) in [4.78, 5) is 11.3. The van der Waals surface area contributed by atoms with E-state index in [1.165, 1.54) is 24.3 Å². The Morgan fingerprint density at radius 2 is 1.92 bits per heavy atom. The molecule has 0 radical (unpaired) electrons. The predicted octanol–water partition coefficient (Wildman–Crippen LogP) is 2.66. The molecule has 0 atom stereocenters. The second-order valence-corrected chi connectivity index (χ2v) is 3.84. The fourth-order valence-corrected chi connectivity index (χ4v) is 1.15. The molecule has 68 valence electrons. The smallest absolute Gasteiger partial charge is 0.168 e. The van der Waals surface area contributed by atoms with Gasteiger partial charge in [-0.2, -0.15) is 0 Å². The summed E-state index contributed by atoms with van der Waals surface area (Å²) < 4.78 is 12.8. The third kappa shape index (κ3) is 3.24. The summed E-state index contributed by atoms with van der Waals surface area (Å²) in [6.45, 7) is 0. The van der Waals surface area contributed by atoms with Crippen molar-refractivity contribution in [3.8, 4) is 0 Å². The van der Waals surface area contributed by atoms with E-state index in [2.05, 4.69) is 24.8 Å². The van der Waals surface area contributed by atoms with E-state index in [4.69, 9.17) is 0 Å². The van der Waals surface area contributed by atoms with Gasteiger partial charge in [-0.25, -0.2) is 4.39 Å². The lowest BCUT2D eigenvalue weighted by Crippen LogP contribution is -2.01. The molecule has 0 bridgehead atoms. The summed E-state index contributed by atoms with van der Waals surface area (Å²) in [6, 6.07) is 5.36. The summed E-state index contributed by atoms with van der Waals surface area (Å²) in [7, 11) is 0. The highest BCUT2D eigenvalue weighted by Gasteiger charge is 2.06. The van der Waals surface area contributed by atoms with Crippen molar-refractivity contribution in [1.29, 1.82) is 0 Å². The predicted molar refractivity (Wildman–Crippen MR) is 56.9 cm³/mol. The lowest BCUT2D eigenvalue weighted by Gasteiger charge is -1.98. The minimum absolute atomic E-state index is 0.115. The van der Waals surface area contributed by atoms with Crippen LogP contribution in [-0.4, -0.2) is 9.98 Å². The zero-order valence-electron chi connectivity index (χ0n) is 6.66. The standard InChI is InChI=1S/C9H7FOS2/c10-7-3-1-6(2-4-7)8(11)5-9(12)13/h1-4H,5H2,(H,12,13). The molecule has 0 saturated carbocycles. The monoisotopic (exact) mass is 214 g/mol. The Bertz CT molecular complexity index is 332. The Labute approximate surface area is 86.4 Å². The SMILES string of the molecule is O=C(CC(=S)S)c1ccc(F)cc1. The van der Waals surface area contributed by atoms with Gasteiger partial charge in [-0.1, -0.05) is 12.2 Å². The molecule has 0 aliphatic heterocycles. The molecule has 1 aromatic rings. The van der Waals surface area contributed by atoms with E-state index in [0.29, 0.717) is 9.76 Å². The van der Waals surface area contributed by atoms with Crippen LogP contribution < -0.4 is 0 Å². The van der Waals surface area contributed by atoms with Crippen LogP contribution in [0.5, 0.6) is 0 Å². The van der Waals surface area contributed by atoms with Crippen molar-refractivity contribution in [3.63, 3.8) is 0 Å². The highest BCUT2D eigenvalue weighted by Crippen LogP contribution is 2.07. The Morgan fingerprint density at radius 3 is 2.38 bits per heavy atom. The van der Waals surface area contributed by atoms with Crippen molar-refractivity contribution >= 4 is 34.8 Å². The first-order valence-electron chi connectivity index (χ1n) is 3.60. The van der Waals surface area contributed by atoms with Gasteiger partial charge < -0.3 is 0 Å². The average molecular weight is 214 g/mol. The first-order chi connectivity index (χ1) is 6.09. The van der Waals surface area contributed by atoms with Crippen LogP contribution in [0.2, 0.25) is 0 Å². The average Bonchev–Trinajstić information content (AvgIpc) is 2.04. The van der Waals surface area contributed by atoms with E-state index in [1.807, 2.05) is 0 Å². The van der Waals surface area contributed by atoms with E-state index in [9.17, 15) is 9.18 Å². The number of halogens is 1.